The van der Waals surface area contributed by atoms with Gasteiger partial charge in [-0.25, -0.2) is 0 Å². The summed E-state index contributed by atoms with van der Waals surface area (Å²) in [7, 11) is 0. The van der Waals surface area contributed by atoms with Crippen molar-refractivity contribution in [3.8, 4) is 0 Å². The predicted octanol–water partition coefficient (Wildman–Crippen LogP) is -0.919. The van der Waals surface area contributed by atoms with E-state index in [2.05, 4.69) is 0 Å². The van der Waals surface area contributed by atoms with Crippen molar-refractivity contribution in [3.63, 3.8) is 0 Å². The first-order valence-electron chi connectivity index (χ1n) is 0. The molecule has 0 heterocycles. The van der Waals surface area contributed by atoms with Crippen molar-refractivity contribution in [2.75, 3.05) is 0 Å². The molecule has 0 fully saturated rings. The average molecular weight is 251 g/mol. The Morgan fingerprint density at radius 2 is 0.714 bits per heavy atom. The first kappa shape index (κ1) is 151. The van der Waals surface area contributed by atoms with Crippen molar-refractivity contribution in [2.24, 2.45) is 0 Å². The molecule has 0 atom stereocenters. The molecule has 0 aliphatic carbocycles. The van der Waals surface area contributed by atoms with Crippen molar-refractivity contribution in [1.82, 2.24) is 0 Å². The Morgan fingerprint density at radius 3 is 0.714 bits per heavy atom. The quantitative estimate of drug-likeness (QED) is 0.521. The fourth-order valence-corrected chi connectivity index (χ4v) is 0. The van der Waals surface area contributed by atoms with Gasteiger partial charge in [-0.3, -0.25) is 0 Å². The smallest absolute Gasteiger partial charge is 0.870 e. The van der Waals surface area contributed by atoms with E-state index in [1.807, 2.05) is 0 Å². The van der Waals surface area contributed by atoms with E-state index in [1.54, 1.807) is 0 Å². The van der Waals surface area contributed by atoms with Gasteiger partial charge in [0.05, 0.1) is 0 Å². The fourth-order valence-electron chi connectivity index (χ4n) is 0. The molecular formula is H3AlCoMnNiO3. The molecule has 0 saturated carbocycles. The van der Waals surface area contributed by atoms with E-state index >= 15 is 0 Å². The second kappa shape index (κ2) is 102. The van der Waals surface area contributed by atoms with Crippen LogP contribution in [-0.4, -0.2) is 33.8 Å². The normalized spacial score (nSPS) is 0. The molecule has 0 aromatic heterocycles. The minimum atomic E-state index is 0. The standard InChI is InChI=1S/Al.Co.Mn.Ni.3H2O/h;;;;3*1H2/q+3;;;;;;/p-3. The second-order valence-electron chi connectivity index (χ2n) is 0. The van der Waals surface area contributed by atoms with Crippen LogP contribution >= 0.6 is 0 Å². The largest absolute Gasteiger partial charge is 3.00 e. The van der Waals surface area contributed by atoms with E-state index in [-0.39, 0.29) is 84.1 Å². The summed E-state index contributed by atoms with van der Waals surface area (Å²) in [6.45, 7) is 0. The molecule has 0 saturated heterocycles. The molecule has 3 nitrogen and oxygen atoms in total. The Bertz CT molecular complexity index is 14.9. The number of rotatable bonds is 0. The zero-order valence-corrected chi connectivity index (χ0v) is 7.31. The second-order valence-corrected chi connectivity index (χ2v) is 0. The predicted molar refractivity (Wildman–Crippen MR) is 11.6 cm³/mol. The van der Waals surface area contributed by atoms with Crippen molar-refractivity contribution >= 4 is 17.4 Å². The molecule has 0 spiro atoms. The van der Waals surface area contributed by atoms with Gasteiger partial charge in [-0.05, 0) is 0 Å². The van der Waals surface area contributed by atoms with Crippen LogP contribution in [0.2, 0.25) is 0 Å². The third-order valence-corrected chi connectivity index (χ3v) is 0. The third-order valence-electron chi connectivity index (χ3n) is 0. The van der Waals surface area contributed by atoms with Gasteiger partial charge in [0.25, 0.3) is 0 Å². The molecule has 0 amide bonds. The van der Waals surface area contributed by atoms with Gasteiger partial charge < -0.3 is 16.4 Å². The molecule has 0 aromatic rings. The molecule has 0 aliphatic rings. The zero-order chi connectivity index (χ0) is 0. The van der Waals surface area contributed by atoms with Gasteiger partial charge in [0.2, 0.25) is 0 Å². The maximum Gasteiger partial charge on any atom is 3.00 e. The fraction of sp³-hybridized carbons (Fsp3) is 0. The molecule has 3 N–H and O–H groups in total. The first-order chi connectivity index (χ1) is 0. The Balaban J connectivity index is 0. The van der Waals surface area contributed by atoms with Crippen LogP contribution in [0.4, 0.5) is 0 Å². The molecule has 0 aliphatic heterocycles. The van der Waals surface area contributed by atoms with Crippen molar-refractivity contribution < 1.29 is 66.8 Å². The SMILES string of the molecule is [Al+3].[Co].[Mn].[Ni].[OH-].[OH-].[OH-]. The minimum Gasteiger partial charge on any atom is -0.870 e. The van der Waals surface area contributed by atoms with Gasteiger partial charge in [0, 0.05) is 50.3 Å². The van der Waals surface area contributed by atoms with Crippen LogP contribution in [0.3, 0.4) is 0 Å². The van der Waals surface area contributed by atoms with Gasteiger partial charge in [0.1, 0.15) is 0 Å². The summed E-state index contributed by atoms with van der Waals surface area (Å²) in [6, 6.07) is 0. The first-order valence-corrected chi connectivity index (χ1v) is 0. The zero-order valence-electron chi connectivity index (χ0n) is 2.95. The summed E-state index contributed by atoms with van der Waals surface area (Å²) in [5.41, 5.74) is 0. The van der Waals surface area contributed by atoms with Crippen LogP contribution < -0.4 is 0 Å². The summed E-state index contributed by atoms with van der Waals surface area (Å²) in [5.74, 6) is 0. The van der Waals surface area contributed by atoms with Gasteiger partial charge in [0.15, 0.2) is 0 Å². The van der Waals surface area contributed by atoms with Gasteiger partial charge in [-0.2, -0.15) is 0 Å². The van der Waals surface area contributed by atoms with Gasteiger partial charge in [-0.15, -0.1) is 0 Å². The molecule has 50 valence electrons. The van der Waals surface area contributed by atoms with Crippen molar-refractivity contribution in [1.29, 1.82) is 0 Å². The summed E-state index contributed by atoms with van der Waals surface area (Å²) < 4.78 is 0. The van der Waals surface area contributed by atoms with E-state index in [1.165, 1.54) is 0 Å². The molecule has 0 bridgehead atoms. The van der Waals surface area contributed by atoms with E-state index in [4.69, 9.17) is 0 Å². The Kier molecular flexibility index (Phi) is 2200. The summed E-state index contributed by atoms with van der Waals surface area (Å²) in [5, 5.41) is 0. The maximum atomic E-state index is 0. The van der Waals surface area contributed by atoms with Crippen LogP contribution in [0.1, 0.15) is 0 Å². The number of hydrogen-bond donors (Lipinski definition) is 0. The maximum absolute atomic E-state index is 0. The molecule has 7 heteroatoms. The molecule has 0 unspecified atom stereocenters. The Hall–Kier alpha value is 1.93. The van der Waals surface area contributed by atoms with Crippen LogP contribution in [0.15, 0.2) is 0 Å². The molecule has 0 rings (SSSR count). The van der Waals surface area contributed by atoms with E-state index in [0.717, 1.165) is 0 Å². The molecule has 0 aromatic carbocycles. The van der Waals surface area contributed by atoms with Crippen molar-refractivity contribution in [3.05, 3.63) is 0 Å². The summed E-state index contributed by atoms with van der Waals surface area (Å²) in [4.78, 5) is 0. The van der Waals surface area contributed by atoms with Gasteiger partial charge in [-0.1, -0.05) is 0 Å². The molecular weight excluding hydrogens is 248 g/mol. The van der Waals surface area contributed by atoms with Crippen LogP contribution in [0, 0.1) is 0 Å². The van der Waals surface area contributed by atoms with Crippen LogP contribution in [0.25, 0.3) is 0 Å². The van der Waals surface area contributed by atoms with Crippen LogP contribution in [0.5, 0.6) is 0 Å². The van der Waals surface area contributed by atoms with E-state index in [9.17, 15) is 0 Å². The average Bonchev–Trinajstić information content (AvgIpc) is 0. The summed E-state index contributed by atoms with van der Waals surface area (Å²) >= 11 is 0. The Morgan fingerprint density at radius 1 is 0.714 bits per heavy atom. The molecule has 7 heavy (non-hydrogen) atoms. The minimum absolute atomic E-state index is 0. The van der Waals surface area contributed by atoms with Gasteiger partial charge >= 0.3 is 17.4 Å². The van der Waals surface area contributed by atoms with E-state index in [0.29, 0.717) is 0 Å². The van der Waals surface area contributed by atoms with E-state index < -0.39 is 0 Å². The van der Waals surface area contributed by atoms with Crippen LogP contribution in [-0.2, 0) is 50.3 Å². The monoisotopic (exact) mass is 250 g/mol. The summed E-state index contributed by atoms with van der Waals surface area (Å²) in [6.07, 6.45) is 0. The topological polar surface area (TPSA) is 90.0 Å². The third kappa shape index (κ3) is 74.8. The van der Waals surface area contributed by atoms with Crippen molar-refractivity contribution in [2.45, 2.75) is 0 Å². The number of hydrogen-bond acceptors (Lipinski definition) is 3. The Labute approximate surface area is 83.6 Å². The molecule has 2 radical (unpaired) electrons.